The highest BCUT2D eigenvalue weighted by Crippen LogP contribution is 2.23. The van der Waals surface area contributed by atoms with Gasteiger partial charge in [-0.1, -0.05) is 35.5 Å². The number of ketones is 1. The van der Waals surface area contributed by atoms with Crippen LogP contribution in [0.1, 0.15) is 62.0 Å². The lowest BCUT2D eigenvalue weighted by molar-refractivity contribution is -0.137. The number of likely N-dealkylation sites (tertiary alicyclic amines) is 1. The largest absolute Gasteiger partial charge is 0.481 e. The number of nitrogens with one attached hydrogen (secondary N) is 1. The van der Waals surface area contributed by atoms with E-state index in [1.807, 2.05) is 30.3 Å². The van der Waals surface area contributed by atoms with E-state index in [1.54, 1.807) is 0 Å². The van der Waals surface area contributed by atoms with Crippen molar-refractivity contribution in [2.24, 2.45) is 5.73 Å². The maximum atomic E-state index is 12.9. The van der Waals surface area contributed by atoms with Gasteiger partial charge in [-0.2, -0.15) is 4.98 Å². The van der Waals surface area contributed by atoms with Crippen LogP contribution in [0.2, 0.25) is 0 Å². The van der Waals surface area contributed by atoms with E-state index in [4.69, 9.17) is 15.4 Å². The van der Waals surface area contributed by atoms with Crippen LogP contribution < -0.4 is 11.1 Å². The summed E-state index contributed by atoms with van der Waals surface area (Å²) in [6.45, 7) is 1.99. The van der Waals surface area contributed by atoms with Crippen molar-refractivity contribution < 1.29 is 24.0 Å². The highest BCUT2D eigenvalue weighted by Gasteiger charge is 2.34. The van der Waals surface area contributed by atoms with Crippen molar-refractivity contribution in [3.05, 3.63) is 47.6 Å². The zero-order valence-corrected chi connectivity index (χ0v) is 17.4. The molecule has 2 amide bonds. The van der Waals surface area contributed by atoms with E-state index < -0.39 is 24.1 Å². The number of carboxylic acid groups (broad SMARTS) is 1. The molecule has 0 saturated carbocycles. The van der Waals surface area contributed by atoms with Gasteiger partial charge in [-0.05, 0) is 31.7 Å². The number of carbonyl (C=O) groups excluding carboxylic acids is 2. The number of rotatable bonds is 9. The van der Waals surface area contributed by atoms with Gasteiger partial charge in [0.25, 0.3) is 0 Å². The molecule has 3 rings (SSSR count). The number of nitrogens with zero attached hydrogens (tertiary/aromatic N) is 3. The molecule has 0 unspecified atom stereocenters. The fourth-order valence-corrected chi connectivity index (χ4v) is 3.66. The van der Waals surface area contributed by atoms with Crippen LogP contribution in [0.25, 0.3) is 0 Å². The van der Waals surface area contributed by atoms with Gasteiger partial charge in [0, 0.05) is 19.4 Å². The van der Waals surface area contributed by atoms with Crippen molar-refractivity contribution in [2.45, 2.75) is 57.2 Å². The molecular formula is C21H27N5O5. The number of carbonyl (C=O) groups is 3. The summed E-state index contributed by atoms with van der Waals surface area (Å²) >= 11 is 0. The van der Waals surface area contributed by atoms with E-state index >= 15 is 0 Å². The van der Waals surface area contributed by atoms with Crippen LogP contribution in [0.3, 0.4) is 0 Å². The van der Waals surface area contributed by atoms with Crippen molar-refractivity contribution >= 4 is 17.8 Å². The molecule has 1 aliphatic rings. The number of carboxylic acids is 1. The first-order valence-corrected chi connectivity index (χ1v) is 10.3. The first-order valence-electron chi connectivity index (χ1n) is 10.3. The molecule has 2 aromatic rings. The number of nitrogens with two attached hydrogens (primary N) is 1. The summed E-state index contributed by atoms with van der Waals surface area (Å²) in [7, 11) is 0. The third-order valence-corrected chi connectivity index (χ3v) is 5.32. The Morgan fingerprint density at radius 3 is 2.74 bits per heavy atom. The van der Waals surface area contributed by atoms with Crippen LogP contribution >= 0.6 is 0 Å². The molecule has 10 nitrogen and oxygen atoms in total. The standard InChI is InChI=1S/C21H27N5O5/c1-13(27)17-8-5-11-26(17)21(30)23-16(12-14-6-3-2-4-7-14)20-24-19(25-31-20)15(22)9-10-18(28)29/h2-4,6-7,15-17H,5,8-12,22H2,1H3,(H,23,30)(H,28,29)/t15-,16-,17-/m0/s1. The maximum Gasteiger partial charge on any atom is 0.318 e. The van der Waals surface area contributed by atoms with E-state index in [0.717, 1.165) is 12.0 Å². The van der Waals surface area contributed by atoms with Crippen molar-refractivity contribution in [1.82, 2.24) is 20.4 Å². The lowest BCUT2D eigenvalue weighted by Crippen LogP contribution is -2.46. The minimum absolute atomic E-state index is 0.0447. The maximum absolute atomic E-state index is 12.9. The number of hydrogen-bond donors (Lipinski definition) is 3. The predicted molar refractivity (Wildman–Crippen MR) is 110 cm³/mol. The van der Waals surface area contributed by atoms with Crippen LogP contribution in [0.5, 0.6) is 0 Å². The van der Waals surface area contributed by atoms with Gasteiger partial charge in [0.1, 0.15) is 6.04 Å². The number of Topliss-reactive ketones (excluding diaryl/α,β-unsaturated/α-hetero) is 1. The van der Waals surface area contributed by atoms with Gasteiger partial charge < -0.3 is 25.6 Å². The summed E-state index contributed by atoms with van der Waals surface area (Å²) < 4.78 is 5.38. The lowest BCUT2D eigenvalue weighted by Gasteiger charge is -2.25. The van der Waals surface area contributed by atoms with E-state index in [1.165, 1.54) is 11.8 Å². The molecule has 1 aliphatic heterocycles. The third-order valence-electron chi connectivity index (χ3n) is 5.32. The first-order chi connectivity index (χ1) is 14.8. The molecule has 0 bridgehead atoms. The topological polar surface area (TPSA) is 152 Å². The van der Waals surface area contributed by atoms with Gasteiger partial charge in [0.2, 0.25) is 5.89 Å². The number of amides is 2. The minimum atomic E-state index is -0.959. The number of urea groups is 1. The number of aliphatic carboxylic acids is 1. The predicted octanol–water partition coefficient (Wildman–Crippen LogP) is 1.98. The molecule has 1 aromatic carbocycles. The molecule has 2 heterocycles. The van der Waals surface area contributed by atoms with Crippen molar-refractivity contribution in [1.29, 1.82) is 0 Å². The van der Waals surface area contributed by atoms with Gasteiger partial charge in [-0.3, -0.25) is 9.59 Å². The lowest BCUT2D eigenvalue weighted by atomic mass is 10.1. The van der Waals surface area contributed by atoms with Crippen LogP contribution in [0, 0.1) is 0 Å². The Bertz CT molecular complexity index is 916. The summed E-state index contributed by atoms with van der Waals surface area (Å²) in [4.78, 5) is 41.5. The van der Waals surface area contributed by atoms with Crippen LogP contribution in [0.15, 0.2) is 34.9 Å². The Hall–Kier alpha value is -3.27. The average Bonchev–Trinajstić information content (AvgIpc) is 3.42. The average molecular weight is 429 g/mol. The number of benzene rings is 1. The van der Waals surface area contributed by atoms with Gasteiger partial charge >= 0.3 is 12.0 Å². The van der Waals surface area contributed by atoms with E-state index in [9.17, 15) is 14.4 Å². The second-order valence-corrected chi connectivity index (χ2v) is 7.68. The normalized spacial score (nSPS) is 17.9. The van der Waals surface area contributed by atoms with Crippen LogP contribution in [-0.4, -0.2) is 50.5 Å². The molecule has 1 fully saturated rings. The molecule has 4 N–H and O–H groups in total. The fraction of sp³-hybridized carbons (Fsp3) is 0.476. The van der Waals surface area contributed by atoms with Crippen molar-refractivity contribution in [2.75, 3.05) is 6.54 Å². The Morgan fingerprint density at radius 1 is 1.32 bits per heavy atom. The number of aromatic nitrogens is 2. The van der Waals surface area contributed by atoms with Gasteiger partial charge in [0.05, 0.1) is 12.1 Å². The highest BCUT2D eigenvalue weighted by molar-refractivity contribution is 5.87. The monoisotopic (exact) mass is 429 g/mol. The molecular weight excluding hydrogens is 402 g/mol. The minimum Gasteiger partial charge on any atom is -0.481 e. The van der Waals surface area contributed by atoms with Gasteiger partial charge in [-0.15, -0.1) is 0 Å². The quantitative estimate of drug-likeness (QED) is 0.547. The summed E-state index contributed by atoms with van der Waals surface area (Å²) in [6, 6.07) is 7.40. The third kappa shape index (κ3) is 5.88. The molecule has 0 spiro atoms. The molecule has 0 radical (unpaired) electrons. The smallest absolute Gasteiger partial charge is 0.318 e. The van der Waals surface area contributed by atoms with Gasteiger partial charge in [-0.25, -0.2) is 4.79 Å². The first kappa shape index (κ1) is 22.4. The molecule has 166 valence electrons. The summed E-state index contributed by atoms with van der Waals surface area (Å²) in [5.41, 5.74) is 6.93. The molecule has 0 aliphatic carbocycles. The van der Waals surface area contributed by atoms with Crippen LogP contribution in [-0.2, 0) is 16.0 Å². The van der Waals surface area contributed by atoms with E-state index in [2.05, 4.69) is 15.5 Å². The summed E-state index contributed by atoms with van der Waals surface area (Å²) in [5, 5.41) is 15.6. The Labute approximate surface area is 179 Å². The second kappa shape index (κ2) is 10.2. The molecule has 1 saturated heterocycles. The SMILES string of the molecule is CC(=O)[C@@H]1CCCN1C(=O)N[C@@H](Cc1ccccc1)c1nc([C@@H](N)CCC(=O)O)no1. The fourth-order valence-electron chi connectivity index (χ4n) is 3.66. The number of hydrogen-bond acceptors (Lipinski definition) is 7. The van der Waals surface area contributed by atoms with Crippen molar-refractivity contribution in [3.8, 4) is 0 Å². The van der Waals surface area contributed by atoms with E-state index in [0.29, 0.717) is 19.4 Å². The van der Waals surface area contributed by atoms with Crippen molar-refractivity contribution in [3.63, 3.8) is 0 Å². The van der Waals surface area contributed by atoms with Crippen LogP contribution in [0.4, 0.5) is 4.79 Å². The molecule has 3 atom stereocenters. The summed E-state index contributed by atoms with van der Waals surface area (Å²) in [5.74, 6) is -0.640. The zero-order chi connectivity index (χ0) is 22.4. The Kier molecular flexibility index (Phi) is 7.35. The molecule has 1 aromatic heterocycles. The molecule has 31 heavy (non-hydrogen) atoms. The second-order valence-electron chi connectivity index (χ2n) is 7.68. The zero-order valence-electron chi connectivity index (χ0n) is 17.4. The van der Waals surface area contributed by atoms with E-state index in [-0.39, 0.29) is 36.4 Å². The van der Waals surface area contributed by atoms with Gasteiger partial charge in [0.15, 0.2) is 11.6 Å². The highest BCUT2D eigenvalue weighted by atomic mass is 16.5. The summed E-state index contributed by atoms with van der Waals surface area (Å²) in [6.07, 6.45) is 1.87. The Morgan fingerprint density at radius 2 is 2.06 bits per heavy atom. The molecule has 10 heteroatoms. The Balaban J connectivity index is 1.78.